The molecule has 1 aromatic heterocycles. The molecule has 1 aliphatic rings. The van der Waals surface area contributed by atoms with Crippen LogP contribution in [0.4, 0.5) is 0 Å². The summed E-state index contributed by atoms with van der Waals surface area (Å²) in [6, 6.07) is 23.7. The number of carbonyl (C=O) groups is 1. The van der Waals surface area contributed by atoms with E-state index in [9.17, 15) is 4.79 Å². The molecule has 4 aromatic rings. The number of piperazine rings is 1. The zero-order valence-electron chi connectivity index (χ0n) is 20.4. The Morgan fingerprint density at radius 3 is 2.42 bits per heavy atom. The van der Waals surface area contributed by atoms with E-state index in [1.54, 1.807) is 14.2 Å². The van der Waals surface area contributed by atoms with E-state index in [1.807, 2.05) is 77.7 Å². The number of halogens is 1. The van der Waals surface area contributed by atoms with Crippen LogP contribution in [-0.2, 0) is 6.54 Å². The molecular weight excluding hydrogens is 518 g/mol. The Hall–Kier alpha value is -3.42. The second kappa shape index (κ2) is 10.7. The summed E-state index contributed by atoms with van der Waals surface area (Å²) in [7, 11) is 3.35. The summed E-state index contributed by atoms with van der Waals surface area (Å²) in [5, 5.41) is 0.859. The lowest BCUT2D eigenvalue weighted by molar-refractivity contribution is 0.0629. The number of amides is 1. The summed E-state index contributed by atoms with van der Waals surface area (Å²) in [5.41, 5.74) is 4.37. The minimum Gasteiger partial charge on any atom is -0.497 e. The monoisotopic (exact) mass is 545 g/mol. The number of rotatable bonds is 6. The number of benzene rings is 3. The number of carbonyl (C=O) groups excluding carboxylic acids is 1. The average molecular weight is 546 g/mol. The van der Waals surface area contributed by atoms with Gasteiger partial charge < -0.3 is 14.4 Å². The van der Waals surface area contributed by atoms with Crippen LogP contribution < -0.4 is 9.47 Å². The summed E-state index contributed by atoms with van der Waals surface area (Å²) in [6.45, 7) is 3.62. The highest BCUT2D eigenvalue weighted by Crippen LogP contribution is 2.29. The normalized spacial score (nSPS) is 14.1. The Bertz CT molecular complexity index is 1390. The van der Waals surface area contributed by atoms with E-state index in [4.69, 9.17) is 14.5 Å². The van der Waals surface area contributed by atoms with Crippen molar-refractivity contribution in [3.8, 4) is 22.8 Å². The van der Waals surface area contributed by atoms with Gasteiger partial charge in [-0.15, -0.1) is 0 Å². The first-order chi connectivity index (χ1) is 17.6. The van der Waals surface area contributed by atoms with Crippen LogP contribution in [-0.4, -0.2) is 61.1 Å². The molecule has 5 rings (SSSR count). The van der Waals surface area contributed by atoms with Gasteiger partial charge in [-0.1, -0.05) is 46.3 Å². The van der Waals surface area contributed by atoms with Crippen molar-refractivity contribution < 1.29 is 14.3 Å². The SMILES string of the molecule is COc1ccc(OC)c(CN2CCN(C(=O)c3cc(-c4ccccc4)nc4ccc(Br)cc34)CC2)c1. The predicted octanol–water partition coefficient (Wildman–Crippen LogP) is 5.64. The largest absolute Gasteiger partial charge is 0.497 e. The third-order valence-corrected chi connectivity index (χ3v) is 7.10. The molecule has 0 bridgehead atoms. The van der Waals surface area contributed by atoms with E-state index in [2.05, 4.69) is 20.8 Å². The quantitative estimate of drug-likeness (QED) is 0.314. The molecule has 0 spiro atoms. The second-order valence-corrected chi connectivity index (χ2v) is 9.74. The summed E-state index contributed by atoms with van der Waals surface area (Å²) in [5.74, 6) is 1.69. The Labute approximate surface area is 219 Å². The van der Waals surface area contributed by atoms with Crippen LogP contribution in [0.25, 0.3) is 22.2 Å². The van der Waals surface area contributed by atoms with Gasteiger partial charge in [0.25, 0.3) is 5.91 Å². The number of aromatic nitrogens is 1. The van der Waals surface area contributed by atoms with Crippen molar-refractivity contribution in [2.45, 2.75) is 6.54 Å². The Morgan fingerprint density at radius 2 is 1.69 bits per heavy atom. The van der Waals surface area contributed by atoms with Gasteiger partial charge in [-0.3, -0.25) is 9.69 Å². The molecule has 7 heteroatoms. The topological polar surface area (TPSA) is 54.9 Å². The number of pyridine rings is 1. The molecule has 3 aromatic carbocycles. The molecule has 0 unspecified atom stereocenters. The zero-order chi connectivity index (χ0) is 25.1. The maximum atomic E-state index is 13.8. The van der Waals surface area contributed by atoms with E-state index in [-0.39, 0.29) is 5.91 Å². The van der Waals surface area contributed by atoms with E-state index >= 15 is 0 Å². The summed E-state index contributed by atoms with van der Waals surface area (Å²) >= 11 is 3.56. The Kier molecular flexibility index (Phi) is 7.20. The average Bonchev–Trinajstić information content (AvgIpc) is 2.93. The number of fused-ring (bicyclic) bond motifs is 1. The summed E-state index contributed by atoms with van der Waals surface area (Å²) in [6.07, 6.45) is 0. The Balaban J connectivity index is 1.37. The van der Waals surface area contributed by atoms with Crippen LogP contribution in [0.2, 0.25) is 0 Å². The number of nitrogens with zero attached hydrogens (tertiary/aromatic N) is 3. The first-order valence-electron chi connectivity index (χ1n) is 11.9. The summed E-state index contributed by atoms with van der Waals surface area (Å²) in [4.78, 5) is 22.9. The van der Waals surface area contributed by atoms with Crippen molar-refractivity contribution in [2.24, 2.45) is 0 Å². The molecule has 0 saturated carbocycles. The van der Waals surface area contributed by atoms with Gasteiger partial charge in [-0.05, 0) is 42.5 Å². The van der Waals surface area contributed by atoms with E-state index < -0.39 is 0 Å². The molecule has 2 heterocycles. The number of ether oxygens (including phenoxy) is 2. The van der Waals surface area contributed by atoms with E-state index in [0.29, 0.717) is 18.7 Å². The number of hydrogen-bond donors (Lipinski definition) is 0. The standard InChI is InChI=1S/C29H28BrN3O3/c1-35-23-9-11-28(36-2)21(16-23)19-32-12-14-33(15-13-32)29(34)25-18-27(20-6-4-3-5-7-20)31-26-10-8-22(30)17-24(25)26/h3-11,16-18H,12-15,19H2,1-2H3. The summed E-state index contributed by atoms with van der Waals surface area (Å²) < 4.78 is 11.9. The van der Waals surface area contributed by atoms with Crippen molar-refractivity contribution in [1.29, 1.82) is 0 Å². The predicted molar refractivity (Wildman–Crippen MR) is 146 cm³/mol. The fraction of sp³-hybridized carbons (Fsp3) is 0.241. The van der Waals surface area contributed by atoms with Crippen LogP contribution in [0.15, 0.2) is 77.3 Å². The lowest BCUT2D eigenvalue weighted by Crippen LogP contribution is -2.48. The maximum Gasteiger partial charge on any atom is 0.254 e. The van der Waals surface area contributed by atoms with Crippen molar-refractivity contribution >= 4 is 32.7 Å². The van der Waals surface area contributed by atoms with E-state index in [1.165, 1.54) is 0 Å². The fourth-order valence-corrected chi connectivity index (χ4v) is 5.02. The minimum absolute atomic E-state index is 0.0382. The molecule has 0 N–H and O–H groups in total. The van der Waals surface area contributed by atoms with Gasteiger partial charge in [-0.25, -0.2) is 4.98 Å². The fourth-order valence-electron chi connectivity index (χ4n) is 4.66. The Morgan fingerprint density at radius 1 is 0.917 bits per heavy atom. The zero-order valence-corrected chi connectivity index (χ0v) is 22.0. The van der Waals surface area contributed by atoms with Crippen LogP contribution >= 0.6 is 15.9 Å². The van der Waals surface area contributed by atoms with Crippen LogP contribution in [0.1, 0.15) is 15.9 Å². The van der Waals surface area contributed by atoms with Crippen LogP contribution in [0, 0.1) is 0 Å². The maximum absolute atomic E-state index is 13.8. The second-order valence-electron chi connectivity index (χ2n) is 8.83. The smallest absolute Gasteiger partial charge is 0.254 e. The number of methoxy groups -OCH3 is 2. The van der Waals surface area contributed by atoms with Crippen molar-refractivity contribution in [3.05, 3.63) is 88.4 Å². The number of hydrogen-bond acceptors (Lipinski definition) is 5. The highest BCUT2D eigenvalue weighted by molar-refractivity contribution is 9.10. The molecule has 0 atom stereocenters. The first kappa shape index (κ1) is 24.3. The molecule has 1 fully saturated rings. The van der Waals surface area contributed by atoms with Crippen molar-refractivity contribution in [3.63, 3.8) is 0 Å². The van der Waals surface area contributed by atoms with Gasteiger partial charge in [0.2, 0.25) is 0 Å². The van der Waals surface area contributed by atoms with Crippen LogP contribution in [0.5, 0.6) is 11.5 Å². The molecule has 0 aliphatic carbocycles. The highest BCUT2D eigenvalue weighted by Gasteiger charge is 2.25. The van der Waals surface area contributed by atoms with Gasteiger partial charge in [0.05, 0.1) is 31.0 Å². The molecule has 1 aliphatic heterocycles. The van der Waals surface area contributed by atoms with Crippen LogP contribution in [0.3, 0.4) is 0 Å². The van der Waals surface area contributed by atoms with E-state index in [0.717, 1.165) is 63.3 Å². The molecule has 6 nitrogen and oxygen atoms in total. The third-order valence-electron chi connectivity index (χ3n) is 6.61. The third kappa shape index (κ3) is 5.08. The molecule has 0 radical (unpaired) electrons. The molecular formula is C29H28BrN3O3. The first-order valence-corrected chi connectivity index (χ1v) is 12.7. The molecule has 1 saturated heterocycles. The highest BCUT2D eigenvalue weighted by atomic mass is 79.9. The minimum atomic E-state index is 0.0382. The molecule has 184 valence electrons. The molecule has 36 heavy (non-hydrogen) atoms. The van der Waals surface area contributed by atoms with Gasteiger partial charge in [0.1, 0.15) is 11.5 Å². The van der Waals surface area contributed by atoms with Gasteiger partial charge in [0.15, 0.2) is 0 Å². The molecule has 1 amide bonds. The van der Waals surface area contributed by atoms with Crippen molar-refractivity contribution in [1.82, 2.24) is 14.8 Å². The lowest BCUT2D eigenvalue weighted by Gasteiger charge is -2.35. The van der Waals surface area contributed by atoms with Gasteiger partial charge in [0, 0.05) is 53.7 Å². The van der Waals surface area contributed by atoms with Gasteiger partial charge >= 0.3 is 0 Å². The lowest BCUT2D eigenvalue weighted by atomic mass is 10.0. The van der Waals surface area contributed by atoms with Gasteiger partial charge in [-0.2, -0.15) is 0 Å². The van der Waals surface area contributed by atoms with Crippen molar-refractivity contribution in [2.75, 3.05) is 40.4 Å².